The normalized spacial score (nSPS) is 13.8. The number of phosphoric acid groups is 1. The molecule has 0 saturated heterocycles. The van der Waals surface area contributed by atoms with Gasteiger partial charge in [-0.3, -0.25) is 13.8 Å². The first-order chi connectivity index (χ1) is 18.4. The summed E-state index contributed by atoms with van der Waals surface area (Å²) < 4.78 is 28.5. The quantitative estimate of drug-likeness (QED) is 0.0896. The summed E-state index contributed by atoms with van der Waals surface area (Å²) in [7, 11) is -2.28. The molecule has 8 heteroatoms. The van der Waals surface area contributed by atoms with E-state index >= 15 is 0 Å². The van der Waals surface area contributed by atoms with Gasteiger partial charge in [-0.05, 0) is 62.9 Å². The summed E-state index contributed by atoms with van der Waals surface area (Å²) >= 11 is 0. The highest BCUT2D eigenvalue weighted by Crippen LogP contribution is 2.44. The van der Waals surface area contributed by atoms with Gasteiger partial charge in [0, 0.05) is 12.8 Å². The van der Waals surface area contributed by atoms with E-state index in [4.69, 9.17) is 13.8 Å². The van der Waals surface area contributed by atoms with E-state index < -0.39 is 7.82 Å². The summed E-state index contributed by atoms with van der Waals surface area (Å²) in [5, 5.41) is 3.02. The number of unbranched alkanes of at least 4 members (excludes halogenated alkanes) is 10. The van der Waals surface area contributed by atoms with Crippen molar-refractivity contribution in [2.24, 2.45) is 5.92 Å². The number of ether oxygens (including phenoxy) is 1. The lowest BCUT2D eigenvalue weighted by atomic mass is 9.94. The molecule has 0 aliphatic rings. The van der Waals surface area contributed by atoms with Crippen molar-refractivity contribution in [2.75, 3.05) is 33.4 Å². The molecule has 0 bridgehead atoms. The molecule has 2 N–H and O–H groups in total. The lowest BCUT2D eigenvalue weighted by molar-refractivity contribution is -0.120. The number of ketones is 1. The van der Waals surface area contributed by atoms with Gasteiger partial charge in [-0.15, -0.1) is 0 Å². The third-order valence-corrected chi connectivity index (χ3v) is 7.66. The van der Waals surface area contributed by atoms with Crippen LogP contribution < -0.4 is 10.1 Å². The first kappa shape index (κ1) is 34.8. The van der Waals surface area contributed by atoms with Crippen LogP contribution in [-0.2, 0) is 24.8 Å². The van der Waals surface area contributed by atoms with Gasteiger partial charge in [0.15, 0.2) is 0 Å². The van der Waals surface area contributed by atoms with E-state index in [9.17, 15) is 14.3 Å². The summed E-state index contributed by atoms with van der Waals surface area (Å²) in [6, 6.07) is 7.90. The van der Waals surface area contributed by atoms with Crippen LogP contribution in [0.3, 0.4) is 0 Å². The average Bonchev–Trinajstić information content (AvgIpc) is 2.91. The zero-order valence-electron chi connectivity index (χ0n) is 24.3. The zero-order chi connectivity index (χ0) is 27.9. The maximum Gasteiger partial charge on any atom is 0.472 e. The maximum absolute atomic E-state index is 12.2. The third-order valence-electron chi connectivity index (χ3n) is 6.67. The Bertz CT molecular complexity index is 758. The van der Waals surface area contributed by atoms with Crippen molar-refractivity contribution in [1.29, 1.82) is 0 Å². The molecule has 2 unspecified atom stereocenters. The molecular weight excluding hydrogens is 501 g/mol. The highest BCUT2D eigenvalue weighted by molar-refractivity contribution is 7.47. The summed E-state index contributed by atoms with van der Waals surface area (Å²) in [4.78, 5) is 22.1. The molecule has 0 heterocycles. The second kappa shape index (κ2) is 22.6. The van der Waals surface area contributed by atoms with Crippen LogP contribution in [-0.4, -0.2) is 44.1 Å². The number of nitrogens with one attached hydrogen (secondary N) is 1. The Morgan fingerprint density at radius 1 is 0.868 bits per heavy atom. The van der Waals surface area contributed by atoms with E-state index in [1.165, 1.54) is 57.8 Å². The van der Waals surface area contributed by atoms with Crippen LogP contribution >= 0.6 is 7.82 Å². The van der Waals surface area contributed by atoms with Gasteiger partial charge >= 0.3 is 7.82 Å². The van der Waals surface area contributed by atoms with E-state index in [-0.39, 0.29) is 24.9 Å². The molecule has 0 aromatic heterocycles. The molecule has 0 radical (unpaired) electrons. The van der Waals surface area contributed by atoms with E-state index in [2.05, 4.69) is 12.2 Å². The van der Waals surface area contributed by atoms with Gasteiger partial charge in [0.05, 0.1) is 19.8 Å². The van der Waals surface area contributed by atoms with Gasteiger partial charge < -0.3 is 14.9 Å². The van der Waals surface area contributed by atoms with Crippen molar-refractivity contribution in [2.45, 2.75) is 110 Å². The smallest absolute Gasteiger partial charge is 0.472 e. The number of carbonyl (C=O) groups excluding carboxylic acids is 1. The van der Waals surface area contributed by atoms with Crippen LogP contribution in [0.4, 0.5) is 0 Å². The average molecular weight is 556 g/mol. The van der Waals surface area contributed by atoms with Gasteiger partial charge in [0.2, 0.25) is 0 Å². The molecule has 0 fully saturated rings. The van der Waals surface area contributed by atoms with E-state index in [0.29, 0.717) is 25.7 Å². The van der Waals surface area contributed by atoms with Crippen molar-refractivity contribution in [3.05, 3.63) is 29.8 Å². The highest BCUT2D eigenvalue weighted by Gasteiger charge is 2.24. The summed E-state index contributed by atoms with van der Waals surface area (Å²) in [5.41, 5.74) is 1.04. The van der Waals surface area contributed by atoms with Crippen molar-refractivity contribution in [3.8, 4) is 5.75 Å². The SMILES string of the molecule is CCCCCCCCCCCCOc1ccc(CC(COP(=O)(O)OCCCCNC)CC(=O)CC)cc1. The van der Waals surface area contributed by atoms with Crippen LogP contribution in [0.5, 0.6) is 5.75 Å². The minimum Gasteiger partial charge on any atom is -0.494 e. The molecule has 0 spiro atoms. The van der Waals surface area contributed by atoms with Crippen molar-refractivity contribution in [3.63, 3.8) is 0 Å². The van der Waals surface area contributed by atoms with E-state index in [0.717, 1.165) is 37.3 Å². The molecule has 1 aromatic carbocycles. The van der Waals surface area contributed by atoms with Crippen molar-refractivity contribution in [1.82, 2.24) is 5.32 Å². The fourth-order valence-corrected chi connectivity index (χ4v) is 5.15. The molecule has 1 aromatic rings. The Kier molecular flexibility index (Phi) is 20.7. The first-order valence-electron chi connectivity index (χ1n) is 14.9. The molecule has 38 heavy (non-hydrogen) atoms. The minimum absolute atomic E-state index is 0.00692. The lowest BCUT2D eigenvalue weighted by Crippen LogP contribution is -2.17. The van der Waals surface area contributed by atoms with Crippen LogP contribution in [0.1, 0.15) is 109 Å². The molecule has 7 nitrogen and oxygen atoms in total. The molecule has 0 saturated carbocycles. The Morgan fingerprint density at radius 3 is 2.08 bits per heavy atom. The van der Waals surface area contributed by atoms with Gasteiger partial charge in [0.1, 0.15) is 11.5 Å². The number of phosphoric ester groups is 1. The standard InChI is InChI=1S/C30H54NO6P/c1-4-6-7-8-9-10-11-12-13-15-22-35-30-19-17-27(18-20-30)24-28(25-29(32)5-2)26-37-38(33,34)36-23-16-14-21-31-3/h17-20,28,31H,4-16,21-26H2,1-3H3,(H,33,34). The van der Waals surface area contributed by atoms with E-state index in [1.807, 2.05) is 38.2 Å². The Hall–Kier alpha value is -1.24. The minimum atomic E-state index is -4.14. The number of hydrogen-bond donors (Lipinski definition) is 2. The van der Waals surface area contributed by atoms with E-state index in [1.54, 1.807) is 0 Å². The van der Waals surface area contributed by atoms with Crippen LogP contribution in [0.25, 0.3) is 0 Å². The van der Waals surface area contributed by atoms with Crippen LogP contribution in [0, 0.1) is 5.92 Å². The third kappa shape index (κ3) is 18.9. The number of rotatable bonds is 26. The zero-order valence-corrected chi connectivity index (χ0v) is 25.2. The second-order valence-corrected chi connectivity index (χ2v) is 11.7. The fourth-order valence-electron chi connectivity index (χ4n) is 4.31. The number of hydrogen-bond acceptors (Lipinski definition) is 6. The summed E-state index contributed by atoms with van der Waals surface area (Å²) in [6.07, 6.45) is 15.8. The number of Topliss-reactive ketones (excluding diaryl/α,β-unsaturated/α-hetero) is 1. The second-order valence-electron chi connectivity index (χ2n) is 10.2. The Balaban J connectivity index is 2.36. The monoisotopic (exact) mass is 555 g/mol. The summed E-state index contributed by atoms with van der Waals surface area (Å²) in [6.45, 7) is 5.78. The molecule has 1 rings (SSSR count). The molecular formula is C30H54NO6P. The predicted molar refractivity (Wildman–Crippen MR) is 156 cm³/mol. The van der Waals surface area contributed by atoms with Gasteiger partial charge in [-0.1, -0.05) is 83.8 Å². The van der Waals surface area contributed by atoms with Gasteiger partial charge in [0.25, 0.3) is 0 Å². The number of benzene rings is 1. The Labute approximate surface area is 232 Å². The molecule has 0 amide bonds. The van der Waals surface area contributed by atoms with Crippen LogP contribution in [0.2, 0.25) is 0 Å². The van der Waals surface area contributed by atoms with Gasteiger partial charge in [-0.25, -0.2) is 4.57 Å². The molecule has 0 aliphatic carbocycles. The lowest BCUT2D eigenvalue weighted by Gasteiger charge is -2.19. The molecule has 0 aliphatic heterocycles. The van der Waals surface area contributed by atoms with Gasteiger partial charge in [-0.2, -0.15) is 0 Å². The highest BCUT2D eigenvalue weighted by atomic mass is 31.2. The Morgan fingerprint density at radius 2 is 1.47 bits per heavy atom. The van der Waals surface area contributed by atoms with Crippen molar-refractivity contribution < 1.29 is 28.0 Å². The molecule has 2 atom stereocenters. The van der Waals surface area contributed by atoms with Crippen LogP contribution in [0.15, 0.2) is 24.3 Å². The topological polar surface area (TPSA) is 94.1 Å². The first-order valence-corrected chi connectivity index (χ1v) is 16.4. The maximum atomic E-state index is 12.2. The summed E-state index contributed by atoms with van der Waals surface area (Å²) in [5.74, 6) is 0.749. The predicted octanol–water partition coefficient (Wildman–Crippen LogP) is 7.65. The molecule has 220 valence electrons. The largest absolute Gasteiger partial charge is 0.494 e. The fraction of sp³-hybridized carbons (Fsp3) is 0.767. The van der Waals surface area contributed by atoms with Crippen molar-refractivity contribution >= 4 is 13.6 Å². The number of carbonyl (C=O) groups is 1.